The predicted molar refractivity (Wildman–Crippen MR) is 160 cm³/mol. The number of hydrogen-bond acceptors (Lipinski definition) is 11. The molecule has 12 nitrogen and oxygen atoms in total. The Balaban J connectivity index is 1.71. The number of fused-ring (bicyclic) bond motifs is 2. The summed E-state index contributed by atoms with van der Waals surface area (Å²) in [4.78, 5) is 32.8. The second-order valence-corrected chi connectivity index (χ2v) is 12.1. The molecule has 1 aromatic carbocycles. The fourth-order valence-corrected chi connectivity index (χ4v) is 5.64. The Morgan fingerprint density at radius 3 is 2.61 bits per heavy atom. The number of amides is 1. The van der Waals surface area contributed by atoms with Crippen LogP contribution >= 0.6 is 0 Å². The molecule has 4 rings (SSSR count). The van der Waals surface area contributed by atoms with E-state index in [0.717, 1.165) is 11.2 Å². The Labute approximate surface area is 266 Å². The number of likely N-dealkylation sites (tertiary alicyclic amines) is 1. The third kappa shape index (κ3) is 8.43. The maximum Gasteiger partial charge on any atom is 0.432 e. The number of allylic oxidation sites excluding steroid dienone is 3. The zero-order chi connectivity index (χ0) is 33.6. The van der Waals surface area contributed by atoms with Crippen molar-refractivity contribution in [1.29, 1.82) is 0 Å². The van der Waals surface area contributed by atoms with Crippen LogP contribution in [0, 0.1) is 0 Å². The number of carbonyl (C=O) groups is 2. The van der Waals surface area contributed by atoms with Gasteiger partial charge in [-0.2, -0.15) is 18.3 Å². The first-order valence-corrected chi connectivity index (χ1v) is 15.2. The molecule has 1 amide bonds. The van der Waals surface area contributed by atoms with E-state index in [1.807, 2.05) is 0 Å². The minimum Gasteiger partial charge on any atom is -0.464 e. The number of nitrogens with zero attached hydrogens (tertiary/aromatic N) is 2. The number of aliphatic hydroxyl groups excluding tert-OH is 1. The summed E-state index contributed by atoms with van der Waals surface area (Å²) in [6, 6.07) is 2.31. The molecule has 0 spiro atoms. The molecule has 15 heteroatoms. The smallest absolute Gasteiger partial charge is 0.432 e. The van der Waals surface area contributed by atoms with Crippen LogP contribution in [0.5, 0.6) is 0 Å². The largest absolute Gasteiger partial charge is 0.464 e. The van der Waals surface area contributed by atoms with Crippen molar-refractivity contribution in [3.8, 4) is 0 Å². The number of hydrogen-bond donors (Lipinski definition) is 3. The number of benzene rings is 1. The highest BCUT2D eigenvalue weighted by Crippen LogP contribution is 2.40. The summed E-state index contributed by atoms with van der Waals surface area (Å²) in [5, 5.41) is 15.0. The average Bonchev–Trinajstić information content (AvgIpc) is 3.07. The Morgan fingerprint density at radius 1 is 1.20 bits per heavy atom. The van der Waals surface area contributed by atoms with Gasteiger partial charge in [0.2, 0.25) is 0 Å². The molecule has 2 atom stereocenters. The summed E-state index contributed by atoms with van der Waals surface area (Å²) in [5.41, 5.74) is 3.35. The van der Waals surface area contributed by atoms with Gasteiger partial charge in [0, 0.05) is 43.1 Å². The highest BCUT2D eigenvalue weighted by Gasteiger charge is 2.41. The van der Waals surface area contributed by atoms with Gasteiger partial charge in [-0.25, -0.2) is 14.4 Å². The third-order valence-electron chi connectivity index (χ3n) is 7.61. The number of halogens is 3. The minimum atomic E-state index is -4.66. The number of alkyl halides is 3. The van der Waals surface area contributed by atoms with Crippen molar-refractivity contribution in [2.75, 3.05) is 39.0 Å². The third-order valence-corrected chi connectivity index (χ3v) is 7.61. The maximum atomic E-state index is 13.8. The number of ether oxygens (including phenoxy) is 4. The van der Waals surface area contributed by atoms with E-state index < -0.39 is 42.2 Å². The molecule has 1 saturated heterocycles. The van der Waals surface area contributed by atoms with Crippen molar-refractivity contribution in [3.63, 3.8) is 0 Å². The maximum absolute atomic E-state index is 13.8. The molecule has 0 aromatic heterocycles. The number of nitrogens with one attached hydrogen (secondary N) is 2. The number of carbonyl (C=O) groups excluding carboxylic acids is 2. The number of piperidine rings is 1. The van der Waals surface area contributed by atoms with Crippen molar-refractivity contribution in [1.82, 2.24) is 15.5 Å². The van der Waals surface area contributed by atoms with Crippen LogP contribution in [0.1, 0.15) is 70.1 Å². The van der Waals surface area contributed by atoms with Crippen LogP contribution in [-0.2, 0) is 41.8 Å². The van der Waals surface area contributed by atoms with E-state index in [1.54, 1.807) is 39.8 Å². The second kappa shape index (κ2) is 14.9. The Bertz CT molecular complexity index is 1330. The zero-order valence-corrected chi connectivity index (χ0v) is 26.8. The summed E-state index contributed by atoms with van der Waals surface area (Å²) < 4.78 is 63.2. The predicted octanol–water partition coefficient (Wildman–Crippen LogP) is 4.75. The lowest BCUT2D eigenvalue weighted by atomic mass is 9.92. The number of anilines is 1. The molecule has 0 radical (unpaired) electrons. The molecule has 46 heavy (non-hydrogen) atoms. The lowest BCUT2D eigenvalue weighted by molar-refractivity contribution is -0.214. The summed E-state index contributed by atoms with van der Waals surface area (Å²) in [5.74, 6) is -0.509. The SMILES string of the molecule is CCOC(=O)[C@@H]1CC[C@@H](Nc2ccc3c(c2CO)COCCCC2=C3N(OCOC)NC(C(F)(F)F)=C2)CN1C(=O)OC(C)(C)C. The molecular weight excluding hydrogens is 613 g/mol. The minimum absolute atomic E-state index is 0.0745. The molecule has 1 fully saturated rings. The average molecular weight is 657 g/mol. The van der Waals surface area contributed by atoms with Crippen LogP contribution in [0.2, 0.25) is 0 Å². The van der Waals surface area contributed by atoms with E-state index in [1.165, 1.54) is 12.0 Å². The van der Waals surface area contributed by atoms with Gasteiger partial charge < -0.3 is 29.4 Å². The number of esters is 1. The van der Waals surface area contributed by atoms with E-state index in [0.29, 0.717) is 52.9 Å². The Morgan fingerprint density at radius 2 is 1.96 bits per heavy atom. The number of methoxy groups -OCH3 is 1. The number of hydroxylamine groups is 1. The zero-order valence-electron chi connectivity index (χ0n) is 26.8. The van der Waals surface area contributed by atoms with Crippen molar-refractivity contribution in [3.05, 3.63) is 46.2 Å². The van der Waals surface area contributed by atoms with Crippen molar-refractivity contribution < 1.29 is 51.7 Å². The standard InChI is InChI=1S/C31H43F3N4O8/c1-6-44-28(40)25-12-9-20(15-37(25)29(41)46-30(2,3)4)35-24-11-10-21-23(22(24)16-39)17-43-13-7-8-19-14-26(31(32,33)34)36-38(27(19)21)45-18-42-5/h10-11,14,20,25,35-36,39H,6-9,12-13,15-18H2,1-5H3/t20-,25+/m1/s1. The van der Waals surface area contributed by atoms with Crippen LogP contribution in [-0.4, -0.2) is 84.8 Å². The fraction of sp³-hybridized carbons (Fsp3) is 0.613. The van der Waals surface area contributed by atoms with Gasteiger partial charge in [-0.05, 0) is 76.7 Å². The van der Waals surface area contributed by atoms with Gasteiger partial charge >= 0.3 is 18.2 Å². The number of aliphatic hydroxyl groups is 1. The van der Waals surface area contributed by atoms with Crippen molar-refractivity contribution in [2.45, 2.75) is 90.5 Å². The monoisotopic (exact) mass is 656 g/mol. The molecule has 256 valence electrons. The van der Waals surface area contributed by atoms with Gasteiger partial charge in [-0.3, -0.25) is 10.3 Å². The van der Waals surface area contributed by atoms with E-state index in [-0.39, 0.29) is 45.6 Å². The molecule has 3 aliphatic rings. The lowest BCUT2D eigenvalue weighted by Crippen LogP contribution is -2.55. The van der Waals surface area contributed by atoms with Gasteiger partial charge in [0.05, 0.1) is 25.5 Å². The van der Waals surface area contributed by atoms with Gasteiger partial charge in [-0.15, -0.1) is 0 Å². The molecule has 3 aliphatic heterocycles. The van der Waals surface area contributed by atoms with Gasteiger partial charge in [0.25, 0.3) is 0 Å². The van der Waals surface area contributed by atoms with Crippen LogP contribution in [0.4, 0.5) is 23.7 Å². The molecule has 0 bridgehead atoms. The first kappa shape index (κ1) is 35.3. The molecule has 0 unspecified atom stereocenters. The molecule has 1 aromatic rings. The van der Waals surface area contributed by atoms with E-state index in [4.69, 9.17) is 23.8 Å². The van der Waals surface area contributed by atoms with Crippen molar-refractivity contribution >= 4 is 23.4 Å². The summed E-state index contributed by atoms with van der Waals surface area (Å²) >= 11 is 0. The topological polar surface area (TPSA) is 131 Å². The molecule has 3 N–H and O–H groups in total. The van der Waals surface area contributed by atoms with Gasteiger partial charge in [0.1, 0.15) is 17.3 Å². The Kier molecular flexibility index (Phi) is 11.5. The molecule has 0 saturated carbocycles. The molecular formula is C31H43F3N4O8. The Hall–Kier alpha value is -3.53. The number of hydrazine groups is 1. The number of rotatable bonds is 8. The van der Waals surface area contributed by atoms with Gasteiger partial charge in [0.15, 0.2) is 6.79 Å². The highest BCUT2D eigenvalue weighted by molar-refractivity contribution is 5.82. The van der Waals surface area contributed by atoms with Crippen LogP contribution in [0.15, 0.2) is 29.5 Å². The fourth-order valence-electron chi connectivity index (χ4n) is 5.64. The molecule has 3 heterocycles. The quantitative estimate of drug-likeness (QED) is 0.265. The van der Waals surface area contributed by atoms with E-state index >= 15 is 0 Å². The summed E-state index contributed by atoms with van der Waals surface area (Å²) in [6.07, 6.45) is -2.68. The van der Waals surface area contributed by atoms with Crippen molar-refractivity contribution in [2.24, 2.45) is 0 Å². The highest BCUT2D eigenvalue weighted by atomic mass is 19.4. The summed E-state index contributed by atoms with van der Waals surface area (Å²) in [7, 11) is 1.36. The lowest BCUT2D eigenvalue weighted by Gasteiger charge is -2.39. The van der Waals surface area contributed by atoms with Crippen LogP contribution in [0.25, 0.3) is 5.70 Å². The van der Waals surface area contributed by atoms with Gasteiger partial charge in [-0.1, -0.05) is 6.07 Å². The van der Waals surface area contributed by atoms with Crippen LogP contribution in [0.3, 0.4) is 0 Å². The van der Waals surface area contributed by atoms with E-state index in [9.17, 15) is 27.9 Å². The van der Waals surface area contributed by atoms with Crippen LogP contribution < -0.4 is 10.7 Å². The first-order valence-electron chi connectivity index (χ1n) is 15.2. The molecule has 0 aliphatic carbocycles. The summed E-state index contributed by atoms with van der Waals surface area (Å²) in [6.45, 7) is 6.83. The second-order valence-electron chi connectivity index (χ2n) is 12.1. The normalized spacial score (nSPS) is 20.8. The first-order chi connectivity index (χ1) is 21.8. The van der Waals surface area contributed by atoms with E-state index in [2.05, 4.69) is 10.7 Å².